The molecule has 27 heavy (non-hydrogen) atoms. The molecule has 0 unspecified atom stereocenters. The molecular formula is C25H22NS+. The summed E-state index contributed by atoms with van der Waals surface area (Å²) in [5, 5.41) is 0. The highest BCUT2D eigenvalue weighted by atomic mass is 32.2. The summed E-state index contributed by atoms with van der Waals surface area (Å²) in [5.41, 5.74) is 6.21. The predicted molar refractivity (Wildman–Crippen MR) is 119 cm³/mol. The first-order chi connectivity index (χ1) is 13.2. The van der Waals surface area contributed by atoms with Crippen LogP contribution >= 0.6 is 11.8 Å². The average Bonchev–Trinajstić information content (AvgIpc) is 2.75. The summed E-state index contributed by atoms with van der Waals surface area (Å²) in [5.74, 6) is 0. The van der Waals surface area contributed by atoms with E-state index in [1.54, 1.807) is 0 Å². The molecule has 0 spiro atoms. The molecular weight excluding hydrogens is 346 g/mol. The summed E-state index contributed by atoms with van der Waals surface area (Å²) in [4.78, 5) is 2.56. The van der Waals surface area contributed by atoms with Gasteiger partial charge in [0.15, 0.2) is 5.71 Å². The Labute approximate surface area is 165 Å². The Morgan fingerprint density at radius 1 is 0.667 bits per heavy atom. The second-order valence-corrected chi connectivity index (χ2v) is 7.83. The van der Waals surface area contributed by atoms with Crippen LogP contribution in [-0.4, -0.2) is 24.4 Å². The molecule has 1 nitrogen and oxygen atoms in total. The highest BCUT2D eigenvalue weighted by molar-refractivity contribution is 8.12. The Bertz CT molecular complexity index is 1010. The lowest BCUT2D eigenvalue weighted by Crippen LogP contribution is -2.09. The minimum absolute atomic E-state index is 1.21. The molecule has 0 radical (unpaired) electrons. The maximum Gasteiger partial charge on any atom is 0.199 e. The summed E-state index contributed by atoms with van der Waals surface area (Å²) >= 11 is 1.84. The number of benzene rings is 2. The Kier molecular flexibility index (Phi) is 5.08. The van der Waals surface area contributed by atoms with E-state index in [4.69, 9.17) is 0 Å². The Morgan fingerprint density at radius 3 is 1.85 bits per heavy atom. The Hall–Kier alpha value is -2.84. The molecule has 1 aliphatic heterocycles. The Morgan fingerprint density at radius 2 is 1.26 bits per heavy atom. The number of thioether (sulfide) groups is 1. The number of hydrogen-bond acceptors (Lipinski definition) is 1. The summed E-state index contributed by atoms with van der Waals surface area (Å²) in [6, 6.07) is 21.2. The van der Waals surface area contributed by atoms with Crippen LogP contribution < -0.4 is 0 Å². The van der Waals surface area contributed by atoms with Gasteiger partial charge in [0.05, 0.1) is 0 Å². The molecule has 4 rings (SSSR count). The highest BCUT2D eigenvalue weighted by Crippen LogP contribution is 2.43. The van der Waals surface area contributed by atoms with E-state index >= 15 is 0 Å². The molecule has 1 aliphatic carbocycles. The highest BCUT2D eigenvalue weighted by Gasteiger charge is 2.16. The van der Waals surface area contributed by atoms with Crippen molar-refractivity contribution in [3.8, 4) is 0 Å². The van der Waals surface area contributed by atoms with Crippen molar-refractivity contribution in [2.45, 2.75) is 0 Å². The topological polar surface area (TPSA) is 3.01 Å². The minimum Gasteiger partial charge on any atom is -0.235 e. The monoisotopic (exact) mass is 368 g/mol. The summed E-state index contributed by atoms with van der Waals surface area (Å²) in [7, 11) is 4.14. The zero-order valence-corrected chi connectivity index (χ0v) is 16.4. The van der Waals surface area contributed by atoms with E-state index in [0.717, 1.165) is 0 Å². The normalized spacial score (nSPS) is 16.3. The van der Waals surface area contributed by atoms with Gasteiger partial charge in [-0.15, -0.1) is 0 Å². The van der Waals surface area contributed by atoms with Gasteiger partial charge in [-0.05, 0) is 46.6 Å². The first kappa shape index (κ1) is 17.6. The fourth-order valence-corrected chi connectivity index (χ4v) is 4.23. The van der Waals surface area contributed by atoms with Crippen LogP contribution in [-0.2, 0) is 0 Å². The molecule has 0 bridgehead atoms. The van der Waals surface area contributed by atoms with E-state index in [0.29, 0.717) is 0 Å². The number of hydrogen-bond donors (Lipinski definition) is 0. The standard InChI is InChI=1S/C25H22NS/c1-26(2)23-15-13-21(14-16-23)25-18-22(19-9-5-3-6-10-19)17-24(27-25)20-11-7-4-8-12-20/h3-18H,1-2H3/q+1. The Balaban J connectivity index is 1.80. The van der Waals surface area contributed by atoms with Gasteiger partial charge in [-0.3, -0.25) is 0 Å². The molecule has 0 saturated heterocycles. The van der Waals surface area contributed by atoms with E-state index < -0.39 is 0 Å². The van der Waals surface area contributed by atoms with Crippen molar-refractivity contribution in [3.05, 3.63) is 119 Å². The molecule has 2 aromatic rings. The van der Waals surface area contributed by atoms with Gasteiger partial charge in [0.1, 0.15) is 14.1 Å². The average molecular weight is 369 g/mol. The molecule has 0 aromatic heterocycles. The van der Waals surface area contributed by atoms with Crippen molar-refractivity contribution in [1.29, 1.82) is 0 Å². The second-order valence-electron chi connectivity index (χ2n) is 6.75. The van der Waals surface area contributed by atoms with Gasteiger partial charge in [-0.2, -0.15) is 0 Å². The van der Waals surface area contributed by atoms with Crippen molar-refractivity contribution < 1.29 is 4.58 Å². The minimum atomic E-state index is 1.21. The lowest BCUT2D eigenvalue weighted by molar-refractivity contribution is -0.462. The second kappa shape index (κ2) is 7.81. The quantitative estimate of drug-likeness (QED) is 0.592. The zero-order valence-electron chi connectivity index (χ0n) is 15.6. The summed E-state index contributed by atoms with van der Waals surface area (Å²) in [6.07, 6.45) is 13.4. The lowest BCUT2D eigenvalue weighted by Gasteiger charge is -2.18. The van der Waals surface area contributed by atoms with Crippen LogP contribution in [0.3, 0.4) is 0 Å². The zero-order chi connectivity index (χ0) is 18.6. The van der Waals surface area contributed by atoms with Crippen LogP contribution in [0.5, 0.6) is 0 Å². The molecule has 2 aromatic carbocycles. The molecule has 0 N–H and O–H groups in total. The van der Waals surface area contributed by atoms with Gasteiger partial charge >= 0.3 is 0 Å². The van der Waals surface area contributed by atoms with E-state index in [2.05, 4.69) is 116 Å². The molecule has 2 aliphatic rings. The smallest absolute Gasteiger partial charge is 0.199 e. The molecule has 2 heteroatoms. The first-order valence-corrected chi connectivity index (χ1v) is 9.89. The molecule has 1 heterocycles. The molecule has 0 amide bonds. The van der Waals surface area contributed by atoms with Gasteiger partial charge in [0.2, 0.25) is 0 Å². The fourth-order valence-electron chi connectivity index (χ4n) is 3.11. The van der Waals surface area contributed by atoms with Crippen LogP contribution in [0.25, 0.3) is 10.5 Å². The van der Waals surface area contributed by atoms with Crippen LogP contribution in [0.4, 0.5) is 0 Å². The summed E-state index contributed by atoms with van der Waals surface area (Å²) in [6.45, 7) is 0. The predicted octanol–water partition coefficient (Wildman–Crippen LogP) is 5.95. The van der Waals surface area contributed by atoms with Gasteiger partial charge < -0.3 is 0 Å². The third kappa shape index (κ3) is 3.96. The number of nitrogens with zero attached hydrogens (tertiary/aromatic N) is 1. The maximum absolute atomic E-state index is 2.30. The fraction of sp³-hybridized carbons (Fsp3) is 0.0800. The number of rotatable bonds is 2. The van der Waals surface area contributed by atoms with Crippen molar-refractivity contribution in [2.75, 3.05) is 14.1 Å². The van der Waals surface area contributed by atoms with Crippen molar-refractivity contribution in [1.82, 2.24) is 0 Å². The van der Waals surface area contributed by atoms with Crippen LogP contribution in [0.2, 0.25) is 0 Å². The van der Waals surface area contributed by atoms with Gasteiger partial charge in [-0.1, -0.05) is 72.4 Å². The van der Waals surface area contributed by atoms with Crippen molar-refractivity contribution in [3.63, 3.8) is 0 Å². The van der Waals surface area contributed by atoms with Crippen molar-refractivity contribution in [2.24, 2.45) is 0 Å². The van der Waals surface area contributed by atoms with Crippen molar-refractivity contribution >= 4 is 28.0 Å². The van der Waals surface area contributed by atoms with Gasteiger partial charge in [-0.25, -0.2) is 4.58 Å². The SMILES string of the molecule is C[N+](C)=C1C=CC(=C2C=C(c3ccccc3)C=C(c3ccccc3)S2)C=C1. The molecule has 0 fully saturated rings. The van der Waals surface area contributed by atoms with E-state index in [1.807, 2.05) is 11.8 Å². The first-order valence-electron chi connectivity index (χ1n) is 9.07. The third-order valence-corrected chi connectivity index (χ3v) is 5.77. The maximum atomic E-state index is 2.30. The van der Waals surface area contributed by atoms with E-state index in [-0.39, 0.29) is 0 Å². The van der Waals surface area contributed by atoms with Gasteiger partial charge in [0.25, 0.3) is 0 Å². The van der Waals surface area contributed by atoms with E-state index in [1.165, 1.54) is 37.8 Å². The molecule has 0 atom stereocenters. The van der Waals surface area contributed by atoms with Crippen LogP contribution in [0.15, 0.2) is 108 Å². The van der Waals surface area contributed by atoms with E-state index in [9.17, 15) is 0 Å². The van der Waals surface area contributed by atoms with Crippen LogP contribution in [0.1, 0.15) is 11.1 Å². The lowest BCUT2D eigenvalue weighted by atomic mass is 10.0. The summed E-state index contributed by atoms with van der Waals surface area (Å²) < 4.78 is 2.13. The van der Waals surface area contributed by atoms with Crippen LogP contribution in [0, 0.1) is 0 Å². The molecule has 0 saturated carbocycles. The third-order valence-electron chi connectivity index (χ3n) is 4.63. The largest absolute Gasteiger partial charge is 0.235 e. The van der Waals surface area contributed by atoms with Gasteiger partial charge in [0, 0.05) is 22.0 Å². The molecule has 132 valence electrons. The number of allylic oxidation sites excluding steroid dienone is 8.